The zero-order valence-electron chi connectivity index (χ0n) is 9.57. The lowest BCUT2D eigenvalue weighted by Crippen LogP contribution is -2.14. The Balaban J connectivity index is 2.97. The number of nitrogens with zero attached hydrogens (tertiary/aromatic N) is 1. The molecule has 0 spiro atoms. The van der Waals surface area contributed by atoms with Crippen LogP contribution in [0.15, 0.2) is 12.3 Å². The van der Waals surface area contributed by atoms with E-state index in [9.17, 15) is 4.79 Å². The number of esters is 1. The summed E-state index contributed by atoms with van der Waals surface area (Å²) >= 11 is 0. The van der Waals surface area contributed by atoms with E-state index >= 15 is 0 Å². The Morgan fingerprint density at radius 3 is 2.60 bits per heavy atom. The lowest BCUT2D eigenvalue weighted by Gasteiger charge is -2.12. The first-order valence-corrected chi connectivity index (χ1v) is 5.09. The van der Waals surface area contributed by atoms with Gasteiger partial charge in [-0.15, -0.1) is 0 Å². The van der Waals surface area contributed by atoms with Gasteiger partial charge < -0.3 is 4.74 Å². The molecule has 0 aromatic carbocycles. The van der Waals surface area contributed by atoms with Crippen molar-refractivity contribution in [2.24, 2.45) is 0 Å². The topological polar surface area (TPSA) is 39.2 Å². The third kappa shape index (κ3) is 3.05. The molecular weight excluding hydrogens is 190 g/mol. The Morgan fingerprint density at radius 2 is 2.07 bits per heavy atom. The summed E-state index contributed by atoms with van der Waals surface area (Å²) in [6.45, 7) is 7.70. The van der Waals surface area contributed by atoms with Gasteiger partial charge in [0.25, 0.3) is 0 Å². The predicted molar refractivity (Wildman–Crippen MR) is 57.7 cm³/mol. The molecule has 15 heavy (non-hydrogen) atoms. The van der Waals surface area contributed by atoms with E-state index in [2.05, 4.69) is 11.2 Å². The van der Waals surface area contributed by atoms with Crippen LogP contribution in [0, 0.1) is 6.20 Å². The molecule has 1 rings (SSSR count). The minimum absolute atomic E-state index is 0.110. The predicted octanol–water partition coefficient (Wildman–Crippen LogP) is 2.57. The second-order valence-electron chi connectivity index (χ2n) is 4.01. The standard InChI is InChI=1S/C12H16NO2/c1-8(2)10-5-6-13-7-11(10)12(14)15-9(3)4/h5,7-9H,1-4H3. The largest absolute Gasteiger partial charge is 0.459 e. The molecule has 1 heterocycles. The van der Waals surface area contributed by atoms with E-state index in [4.69, 9.17) is 4.74 Å². The Morgan fingerprint density at radius 1 is 1.40 bits per heavy atom. The second-order valence-corrected chi connectivity index (χ2v) is 4.01. The van der Waals surface area contributed by atoms with Crippen LogP contribution in [-0.4, -0.2) is 17.1 Å². The van der Waals surface area contributed by atoms with Crippen LogP contribution in [0.25, 0.3) is 0 Å². The van der Waals surface area contributed by atoms with Crippen LogP contribution >= 0.6 is 0 Å². The fraction of sp³-hybridized carbons (Fsp3) is 0.500. The van der Waals surface area contributed by atoms with Gasteiger partial charge in [-0.1, -0.05) is 13.8 Å². The van der Waals surface area contributed by atoms with Gasteiger partial charge in [-0.2, -0.15) is 0 Å². The van der Waals surface area contributed by atoms with E-state index in [0.717, 1.165) is 5.56 Å². The van der Waals surface area contributed by atoms with Crippen molar-refractivity contribution in [3.8, 4) is 0 Å². The number of hydrogen-bond donors (Lipinski definition) is 0. The van der Waals surface area contributed by atoms with Crippen molar-refractivity contribution in [2.45, 2.75) is 39.7 Å². The molecule has 0 aliphatic carbocycles. The van der Waals surface area contributed by atoms with Crippen molar-refractivity contribution in [1.29, 1.82) is 0 Å². The maximum absolute atomic E-state index is 11.7. The molecule has 0 atom stereocenters. The monoisotopic (exact) mass is 206 g/mol. The molecule has 0 aliphatic heterocycles. The van der Waals surface area contributed by atoms with Gasteiger partial charge in [0.15, 0.2) is 0 Å². The summed E-state index contributed by atoms with van der Waals surface area (Å²) in [6, 6.07) is 1.74. The van der Waals surface area contributed by atoms with Gasteiger partial charge in [-0.3, -0.25) is 4.98 Å². The van der Waals surface area contributed by atoms with Crippen LogP contribution in [0.5, 0.6) is 0 Å². The number of carbonyl (C=O) groups is 1. The van der Waals surface area contributed by atoms with Crippen molar-refractivity contribution in [1.82, 2.24) is 4.98 Å². The molecule has 3 heteroatoms. The molecular formula is C12H16NO2. The zero-order valence-corrected chi connectivity index (χ0v) is 9.57. The molecule has 0 amide bonds. The van der Waals surface area contributed by atoms with Gasteiger partial charge in [0.1, 0.15) is 0 Å². The number of ether oxygens (including phenoxy) is 1. The van der Waals surface area contributed by atoms with Gasteiger partial charge in [-0.25, -0.2) is 4.79 Å². The van der Waals surface area contributed by atoms with E-state index in [1.165, 1.54) is 6.20 Å². The minimum Gasteiger partial charge on any atom is -0.459 e. The lowest BCUT2D eigenvalue weighted by molar-refractivity contribution is 0.0375. The second kappa shape index (κ2) is 4.91. The van der Waals surface area contributed by atoms with Crippen molar-refractivity contribution in [3.05, 3.63) is 29.6 Å². The van der Waals surface area contributed by atoms with E-state index in [1.54, 1.807) is 6.07 Å². The zero-order chi connectivity index (χ0) is 11.4. The molecule has 0 fully saturated rings. The molecule has 1 radical (unpaired) electrons. The van der Waals surface area contributed by atoms with Crippen molar-refractivity contribution in [3.63, 3.8) is 0 Å². The number of rotatable bonds is 3. The van der Waals surface area contributed by atoms with Gasteiger partial charge in [0.2, 0.25) is 0 Å². The SMILES string of the molecule is CC(C)OC(=O)c1cn[c]cc1C(C)C. The molecule has 1 aromatic heterocycles. The number of carbonyl (C=O) groups excluding carboxylic acids is 1. The van der Waals surface area contributed by atoms with Gasteiger partial charge in [-0.05, 0) is 31.4 Å². The molecule has 0 aliphatic rings. The lowest BCUT2D eigenvalue weighted by atomic mass is 9.99. The smallest absolute Gasteiger partial charge is 0.340 e. The van der Waals surface area contributed by atoms with E-state index in [0.29, 0.717) is 5.56 Å². The Labute approximate surface area is 90.5 Å². The fourth-order valence-electron chi connectivity index (χ4n) is 1.29. The molecule has 0 N–H and O–H groups in total. The van der Waals surface area contributed by atoms with Crippen LogP contribution in [0.1, 0.15) is 49.5 Å². The van der Waals surface area contributed by atoms with Gasteiger partial charge in [0, 0.05) is 6.20 Å². The first-order valence-electron chi connectivity index (χ1n) is 5.09. The maximum atomic E-state index is 11.7. The van der Waals surface area contributed by atoms with Gasteiger partial charge in [0.05, 0.1) is 17.9 Å². The fourth-order valence-corrected chi connectivity index (χ4v) is 1.29. The maximum Gasteiger partial charge on any atom is 0.340 e. The van der Waals surface area contributed by atoms with Crippen LogP contribution in [0.3, 0.4) is 0 Å². The summed E-state index contributed by atoms with van der Waals surface area (Å²) in [5.74, 6) is -0.0471. The molecule has 0 unspecified atom stereocenters. The first-order chi connectivity index (χ1) is 7.02. The Hall–Kier alpha value is -1.38. The highest BCUT2D eigenvalue weighted by Gasteiger charge is 2.15. The summed E-state index contributed by atoms with van der Waals surface area (Å²) in [5.41, 5.74) is 1.47. The summed E-state index contributed by atoms with van der Waals surface area (Å²) in [7, 11) is 0. The average Bonchev–Trinajstić information content (AvgIpc) is 2.16. The normalized spacial score (nSPS) is 10.8. The Kier molecular flexibility index (Phi) is 3.83. The molecule has 0 bridgehead atoms. The van der Waals surface area contributed by atoms with Crippen LogP contribution in [-0.2, 0) is 4.74 Å². The number of pyridine rings is 1. The summed E-state index contributed by atoms with van der Waals surface area (Å²) in [6.07, 6.45) is 4.14. The molecule has 81 valence electrons. The number of hydrogen-bond acceptors (Lipinski definition) is 3. The molecule has 1 aromatic rings. The first kappa shape index (κ1) is 11.7. The summed E-state index contributed by atoms with van der Waals surface area (Å²) in [4.78, 5) is 15.5. The van der Waals surface area contributed by atoms with Crippen LogP contribution in [0.4, 0.5) is 0 Å². The highest BCUT2D eigenvalue weighted by molar-refractivity contribution is 5.91. The third-order valence-corrected chi connectivity index (χ3v) is 1.98. The van der Waals surface area contributed by atoms with Crippen molar-refractivity contribution in [2.75, 3.05) is 0 Å². The van der Waals surface area contributed by atoms with Crippen molar-refractivity contribution >= 4 is 5.97 Å². The van der Waals surface area contributed by atoms with Crippen LogP contribution in [0.2, 0.25) is 0 Å². The molecule has 3 nitrogen and oxygen atoms in total. The summed E-state index contributed by atoms with van der Waals surface area (Å²) < 4.78 is 5.13. The molecule has 0 saturated heterocycles. The van der Waals surface area contributed by atoms with Crippen LogP contribution < -0.4 is 0 Å². The molecule has 0 saturated carbocycles. The van der Waals surface area contributed by atoms with Crippen molar-refractivity contribution < 1.29 is 9.53 Å². The Bertz CT molecular complexity index is 345. The van der Waals surface area contributed by atoms with E-state index in [1.807, 2.05) is 27.7 Å². The van der Waals surface area contributed by atoms with E-state index in [-0.39, 0.29) is 18.0 Å². The summed E-state index contributed by atoms with van der Waals surface area (Å²) in [5, 5.41) is 0. The highest BCUT2D eigenvalue weighted by atomic mass is 16.5. The van der Waals surface area contributed by atoms with Gasteiger partial charge >= 0.3 is 5.97 Å². The number of aromatic nitrogens is 1. The third-order valence-electron chi connectivity index (χ3n) is 1.98. The quantitative estimate of drug-likeness (QED) is 0.713. The minimum atomic E-state index is -0.310. The van der Waals surface area contributed by atoms with E-state index < -0.39 is 0 Å². The average molecular weight is 206 g/mol. The highest BCUT2D eigenvalue weighted by Crippen LogP contribution is 2.19.